The maximum Gasteiger partial charge on any atom is 0.0536 e. The van der Waals surface area contributed by atoms with Crippen LogP contribution in [0.5, 0.6) is 0 Å². The summed E-state index contributed by atoms with van der Waals surface area (Å²) >= 11 is 0. The SMILES string of the molecule is CC(C)C1CN(CCn2cccn2)C(C)(C2CC2)CN1. The molecular formula is C16H28N4. The van der Waals surface area contributed by atoms with Crippen LogP contribution in [0.4, 0.5) is 0 Å². The van der Waals surface area contributed by atoms with Gasteiger partial charge in [0.05, 0.1) is 6.54 Å². The molecule has 2 unspecified atom stereocenters. The Labute approximate surface area is 122 Å². The molecule has 1 N–H and O–H groups in total. The van der Waals surface area contributed by atoms with Crippen molar-refractivity contribution in [2.45, 2.75) is 51.7 Å². The van der Waals surface area contributed by atoms with Gasteiger partial charge in [0.2, 0.25) is 0 Å². The third-order valence-corrected chi connectivity index (χ3v) is 5.28. The molecule has 0 aromatic carbocycles. The van der Waals surface area contributed by atoms with Gasteiger partial charge in [0, 0.05) is 43.6 Å². The van der Waals surface area contributed by atoms with E-state index in [0.717, 1.165) is 25.6 Å². The van der Waals surface area contributed by atoms with Crippen molar-refractivity contribution < 1.29 is 0 Å². The summed E-state index contributed by atoms with van der Waals surface area (Å²) < 4.78 is 2.06. The summed E-state index contributed by atoms with van der Waals surface area (Å²) in [4.78, 5) is 2.73. The lowest BCUT2D eigenvalue weighted by atomic mass is 9.87. The first-order chi connectivity index (χ1) is 9.59. The van der Waals surface area contributed by atoms with Crippen molar-refractivity contribution in [1.82, 2.24) is 20.0 Å². The standard InChI is InChI=1S/C16H28N4/c1-13(2)15-11-19(9-10-20-8-4-7-18-20)16(3,12-17-15)14-5-6-14/h4,7-8,13-15,17H,5-6,9-12H2,1-3H3. The van der Waals surface area contributed by atoms with E-state index in [-0.39, 0.29) is 0 Å². The van der Waals surface area contributed by atoms with Crippen LogP contribution in [-0.4, -0.2) is 45.9 Å². The lowest BCUT2D eigenvalue weighted by molar-refractivity contribution is 0.0222. The number of piperazine rings is 1. The van der Waals surface area contributed by atoms with Crippen LogP contribution in [0.15, 0.2) is 18.5 Å². The third-order valence-electron chi connectivity index (χ3n) is 5.28. The molecule has 0 radical (unpaired) electrons. The largest absolute Gasteiger partial charge is 0.311 e. The van der Waals surface area contributed by atoms with E-state index in [1.165, 1.54) is 19.4 Å². The van der Waals surface area contributed by atoms with Gasteiger partial charge in [-0.05, 0) is 37.7 Å². The van der Waals surface area contributed by atoms with Crippen LogP contribution in [0.1, 0.15) is 33.6 Å². The number of hydrogen-bond acceptors (Lipinski definition) is 3. The topological polar surface area (TPSA) is 33.1 Å². The molecule has 0 amide bonds. The highest BCUT2D eigenvalue weighted by molar-refractivity contribution is 5.05. The Hall–Kier alpha value is -0.870. The van der Waals surface area contributed by atoms with Crippen molar-refractivity contribution in [2.75, 3.05) is 19.6 Å². The van der Waals surface area contributed by atoms with Crippen LogP contribution in [0, 0.1) is 11.8 Å². The van der Waals surface area contributed by atoms with Gasteiger partial charge in [-0.15, -0.1) is 0 Å². The van der Waals surface area contributed by atoms with Crippen molar-refractivity contribution in [3.05, 3.63) is 18.5 Å². The summed E-state index contributed by atoms with van der Waals surface area (Å²) in [5, 5.41) is 8.13. The molecule has 3 rings (SSSR count). The van der Waals surface area contributed by atoms with Crippen molar-refractivity contribution >= 4 is 0 Å². The van der Waals surface area contributed by atoms with Crippen LogP contribution < -0.4 is 5.32 Å². The van der Waals surface area contributed by atoms with Gasteiger partial charge in [0.15, 0.2) is 0 Å². The van der Waals surface area contributed by atoms with Gasteiger partial charge in [0.1, 0.15) is 0 Å². The number of rotatable bonds is 5. The van der Waals surface area contributed by atoms with E-state index in [2.05, 4.69) is 47.0 Å². The summed E-state index contributed by atoms with van der Waals surface area (Å²) in [7, 11) is 0. The number of nitrogens with one attached hydrogen (secondary N) is 1. The van der Waals surface area contributed by atoms with E-state index in [1.54, 1.807) is 0 Å². The molecule has 2 heterocycles. The molecule has 1 aromatic rings. The smallest absolute Gasteiger partial charge is 0.0536 e. The minimum atomic E-state index is 0.346. The van der Waals surface area contributed by atoms with Gasteiger partial charge < -0.3 is 5.32 Å². The molecule has 1 aliphatic carbocycles. The summed E-state index contributed by atoms with van der Waals surface area (Å²) in [5.74, 6) is 1.59. The molecule has 0 bridgehead atoms. The van der Waals surface area contributed by atoms with Crippen molar-refractivity contribution in [2.24, 2.45) is 11.8 Å². The van der Waals surface area contributed by atoms with Gasteiger partial charge >= 0.3 is 0 Å². The van der Waals surface area contributed by atoms with E-state index < -0.39 is 0 Å². The van der Waals surface area contributed by atoms with Gasteiger partial charge in [-0.25, -0.2) is 0 Å². The Balaban J connectivity index is 1.67. The quantitative estimate of drug-likeness (QED) is 0.893. The van der Waals surface area contributed by atoms with Crippen LogP contribution in [-0.2, 0) is 6.54 Å². The Morgan fingerprint density at radius 1 is 1.35 bits per heavy atom. The third kappa shape index (κ3) is 2.77. The van der Waals surface area contributed by atoms with Crippen molar-refractivity contribution in [3.63, 3.8) is 0 Å². The highest BCUT2D eigenvalue weighted by Gasteiger charge is 2.48. The monoisotopic (exact) mass is 276 g/mol. The zero-order valence-electron chi connectivity index (χ0n) is 13.0. The van der Waals surface area contributed by atoms with E-state index in [1.807, 2.05) is 12.3 Å². The first-order valence-electron chi connectivity index (χ1n) is 8.05. The van der Waals surface area contributed by atoms with Crippen LogP contribution in [0.25, 0.3) is 0 Å². The summed E-state index contributed by atoms with van der Waals surface area (Å²) in [5.41, 5.74) is 0.346. The average molecular weight is 276 g/mol. The fraction of sp³-hybridized carbons (Fsp3) is 0.812. The maximum absolute atomic E-state index is 4.34. The summed E-state index contributed by atoms with van der Waals surface area (Å²) in [6.45, 7) is 11.5. The molecule has 112 valence electrons. The lowest BCUT2D eigenvalue weighted by Gasteiger charge is -2.49. The molecule has 4 nitrogen and oxygen atoms in total. The van der Waals surface area contributed by atoms with Gasteiger partial charge in [0.25, 0.3) is 0 Å². The molecule has 2 aliphatic rings. The van der Waals surface area contributed by atoms with E-state index in [9.17, 15) is 0 Å². The zero-order chi connectivity index (χ0) is 14.2. The van der Waals surface area contributed by atoms with E-state index in [0.29, 0.717) is 17.5 Å². The summed E-state index contributed by atoms with van der Waals surface area (Å²) in [6, 6.07) is 2.63. The first kappa shape index (κ1) is 14.1. The van der Waals surface area contributed by atoms with E-state index in [4.69, 9.17) is 0 Å². The zero-order valence-corrected chi connectivity index (χ0v) is 13.0. The molecule has 1 aromatic heterocycles. The van der Waals surface area contributed by atoms with Crippen molar-refractivity contribution in [1.29, 1.82) is 0 Å². The fourth-order valence-electron chi connectivity index (χ4n) is 3.52. The first-order valence-corrected chi connectivity index (χ1v) is 8.05. The Kier molecular flexibility index (Phi) is 3.87. The minimum Gasteiger partial charge on any atom is -0.311 e. The second kappa shape index (κ2) is 5.49. The second-order valence-electron chi connectivity index (χ2n) is 7.08. The van der Waals surface area contributed by atoms with E-state index >= 15 is 0 Å². The molecule has 1 saturated heterocycles. The molecule has 4 heteroatoms. The predicted molar refractivity (Wildman–Crippen MR) is 81.6 cm³/mol. The molecule has 2 fully saturated rings. The predicted octanol–water partition coefficient (Wildman–Crippen LogP) is 1.98. The van der Waals surface area contributed by atoms with Gasteiger partial charge in [-0.1, -0.05) is 13.8 Å². The molecule has 0 spiro atoms. The Morgan fingerprint density at radius 3 is 2.75 bits per heavy atom. The average Bonchev–Trinajstić information content (AvgIpc) is 3.16. The maximum atomic E-state index is 4.34. The fourth-order valence-corrected chi connectivity index (χ4v) is 3.52. The highest BCUT2D eigenvalue weighted by atomic mass is 15.3. The number of aromatic nitrogens is 2. The van der Waals surface area contributed by atoms with Gasteiger partial charge in [-0.2, -0.15) is 5.10 Å². The number of nitrogens with zero attached hydrogens (tertiary/aromatic N) is 3. The summed E-state index contributed by atoms with van der Waals surface area (Å²) in [6.07, 6.45) is 6.75. The van der Waals surface area contributed by atoms with Crippen LogP contribution >= 0.6 is 0 Å². The molecule has 1 aliphatic heterocycles. The molecule has 2 atom stereocenters. The molecule has 1 saturated carbocycles. The number of hydrogen-bond donors (Lipinski definition) is 1. The van der Waals surface area contributed by atoms with Crippen LogP contribution in [0.3, 0.4) is 0 Å². The second-order valence-corrected chi connectivity index (χ2v) is 7.08. The lowest BCUT2D eigenvalue weighted by Crippen LogP contribution is -2.65. The molecular weight excluding hydrogens is 248 g/mol. The van der Waals surface area contributed by atoms with Gasteiger partial charge in [-0.3, -0.25) is 9.58 Å². The van der Waals surface area contributed by atoms with Crippen molar-refractivity contribution in [3.8, 4) is 0 Å². The highest BCUT2D eigenvalue weighted by Crippen LogP contribution is 2.44. The normalized spacial score (nSPS) is 31.9. The van der Waals surface area contributed by atoms with Crippen LogP contribution in [0.2, 0.25) is 0 Å². The molecule has 20 heavy (non-hydrogen) atoms. The Morgan fingerprint density at radius 2 is 2.15 bits per heavy atom. The Bertz CT molecular complexity index is 424. The minimum absolute atomic E-state index is 0.346.